The Morgan fingerprint density at radius 3 is 1.66 bits per heavy atom. The molecule has 202 valence electrons. The van der Waals surface area contributed by atoms with E-state index in [4.69, 9.17) is 23.7 Å². The molecule has 0 spiro atoms. The molecule has 0 aromatic heterocycles. The molecule has 0 saturated heterocycles. The summed E-state index contributed by atoms with van der Waals surface area (Å²) in [7, 11) is 0. The van der Waals surface area contributed by atoms with Crippen LogP contribution in [0.4, 0.5) is 9.59 Å². The Balaban J connectivity index is 3.41. The highest BCUT2D eigenvalue weighted by atomic mass is 16.6. The zero-order chi connectivity index (χ0) is 26.2. The zero-order valence-corrected chi connectivity index (χ0v) is 20.5. The second-order valence-corrected chi connectivity index (χ2v) is 6.91. The Kier molecular flexibility index (Phi) is 20.9. The largest absolute Gasteiger partial charge is 0.447 e. The molecule has 14 heteroatoms. The molecule has 0 aliphatic carbocycles. The highest BCUT2D eigenvalue weighted by Gasteiger charge is 2.05. The minimum absolute atomic E-state index is 0.0352. The topological polar surface area (TPSA) is 180 Å². The minimum atomic E-state index is -0.646. The summed E-state index contributed by atoms with van der Waals surface area (Å²) in [6.45, 7) is 5.44. The van der Waals surface area contributed by atoms with Crippen LogP contribution in [0.3, 0.4) is 0 Å². The lowest BCUT2D eigenvalue weighted by molar-refractivity contribution is -0.126. The average Bonchev–Trinajstić information content (AvgIpc) is 2.81. The number of rotatable bonds is 21. The van der Waals surface area contributed by atoms with Gasteiger partial charge in [0.15, 0.2) is 0 Å². The monoisotopic (exact) mass is 506 g/mol. The van der Waals surface area contributed by atoms with Crippen molar-refractivity contribution in [3.63, 3.8) is 0 Å². The number of carbonyl (C=O) groups is 5. The van der Waals surface area contributed by atoms with Gasteiger partial charge in [0, 0.05) is 39.0 Å². The van der Waals surface area contributed by atoms with Crippen molar-refractivity contribution < 1.29 is 47.7 Å². The molecule has 0 aromatic carbocycles. The first kappa shape index (κ1) is 32.0. The lowest BCUT2D eigenvalue weighted by Gasteiger charge is -2.09. The molecule has 0 saturated carbocycles. The van der Waals surface area contributed by atoms with Gasteiger partial charge in [-0.05, 0) is 13.8 Å². The summed E-state index contributed by atoms with van der Waals surface area (Å²) in [5.41, 5.74) is 0. The van der Waals surface area contributed by atoms with E-state index in [0.717, 1.165) is 0 Å². The molecule has 4 N–H and O–H groups in total. The number of amides is 4. The number of alkyl carbamates (subject to hydrolysis) is 2. The fourth-order valence-corrected chi connectivity index (χ4v) is 2.18. The summed E-state index contributed by atoms with van der Waals surface area (Å²) < 4.78 is 25.3. The van der Waals surface area contributed by atoms with Crippen molar-refractivity contribution in [2.24, 2.45) is 0 Å². The van der Waals surface area contributed by atoms with Crippen LogP contribution in [0, 0.1) is 0 Å². The molecule has 0 atom stereocenters. The summed E-state index contributed by atoms with van der Waals surface area (Å²) in [5.74, 6) is -0.590. The van der Waals surface area contributed by atoms with Crippen LogP contribution >= 0.6 is 0 Å². The Bertz CT molecular complexity index is 633. The lowest BCUT2D eigenvalue weighted by Crippen LogP contribution is -2.33. The maximum atomic E-state index is 11.6. The quantitative estimate of drug-likeness (QED) is 0.143. The molecule has 0 heterocycles. The fourth-order valence-electron chi connectivity index (χ4n) is 2.18. The second-order valence-electron chi connectivity index (χ2n) is 6.91. The maximum absolute atomic E-state index is 11.6. The van der Waals surface area contributed by atoms with E-state index in [1.54, 1.807) is 6.92 Å². The van der Waals surface area contributed by atoms with Crippen LogP contribution in [-0.2, 0) is 38.1 Å². The molecule has 14 nitrogen and oxygen atoms in total. The van der Waals surface area contributed by atoms with Gasteiger partial charge in [0.25, 0.3) is 0 Å². The molecule has 0 aliphatic heterocycles. The van der Waals surface area contributed by atoms with Gasteiger partial charge < -0.3 is 49.7 Å². The summed E-state index contributed by atoms with van der Waals surface area (Å²) in [6, 6.07) is 0. The number of nitrogens with one attached hydrogen (secondary N) is 4. The van der Waals surface area contributed by atoms with Crippen molar-refractivity contribution in [2.45, 2.75) is 26.7 Å². The van der Waals surface area contributed by atoms with Gasteiger partial charge in [-0.15, -0.1) is 0 Å². The zero-order valence-electron chi connectivity index (χ0n) is 20.5. The van der Waals surface area contributed by atoms with E-state index in [1.165, 1.54) is 6.92 Å². The van der Waals surface area contributed by atoms with Crippen molar-refractivity contribution in [1.29, 1.82) is 0 Å². The van der Waals surface area contributed by atoms with Crippen molar-refractivity contribution in [2.75, 3.05) is 79.0 Å². The van der Waals surface area contributed by atoms with Crippen LogP contribution in [0.2, 0.25) is 0 Å². The van der Waals surface area contributed by atoms with Crippen molar-refractivity contribution in [1.82, 2.24) is 21.3 Å². The third-order valence-corrected chi connectivity index (χ3v) is 3.83. The van der Waals surface area contributed by atoms with Gasteiger partial charge in [0.1, 0.15) is 25.6 Å². The molecule has 35 heavy (non-hydrogen) atoms. The van der Waals surface area contributed by atoms with Crippen molar-refractivity contribution in [3.05, 3.63) is 0 Å². The highest BCUT2D eigenvalue weighted by Crippen LogP contribution is 1.89. The normalized spacial score (nSPS) is 10.2. The molecule has 4 amide bonds. The van der Waals surface area contributed by atoms with Gasteiger partial charge in [0.05, 0.1) is 33.0 Å². The first-order valence-electron chi connectivity index (χ1n) is 11.4. The Morgan fingerprint density at radius 1 is 0.571 bits per heavy atom. The Morgan fingerprint density at radius 2 is 1.09 bits per heavy atom. The number of ether oxygens (including phenoxy) is 5. The maximum Gasteiger partial charge on any atom is 0.407 e. The number of ketones is 1. The van der Waals surface area contributed by atoms with Crippen LogP contribution in [0.15, 0.2) is 0 Å². The number of hydrogen-bond donors (Lipinski definition) is 4. The Labute approximate surface area is 205 Å². The van der Waals surface area contributed by atoms with Crippen LogP contribution in [0.25, 0.3) is 0 Å². The summed E-state index contributed by atoms with van der Waals surface area (Å²) in [5, 5.41) is 10.2. The first-order chi connectivity index (χ1) is 16.8. The van der Waals surface area contributed by atoms with E-state index in [9.17, 15) is 24.0 Å². The van der Waals surface area contributed by atoms with Gasteiger partial charge in [-0.25, -0.2) is 9.59 Å². The van der Waals surface area contributed by atoms with Gasteiger partial charge in [-0.3, -0.25) is 9.59 Å². The number of hydrogen-bond acceptors (Lipinski definition) is 10. The fraction of sp³-hybridized carbons (Fsp3) is 0.762. The molecule has 0 fully saturated rings. The predicted molar refractivity (Wildman–Crippen MR) is 123 cm³/mol. The van der Waals surface area contributed by atoms with Crippen molar-refractivity contribution in [3.8, 4) is 0 Å². The predicted octanol–water partition coefficient (Wildman–Crippen LogP) is -0.890. The molecular formula is C21H38N4O10. The summed E-state index contributed by atoms with van der Waals surface area (Å²) in [4.78, 5) is 56.3. The SMILES string of the molecule is CCNC(=O)OCCOCCNC(=O)COCCNC(=O)OCCOCCNC(=O)CCC(C)=O. The summed E-state index contributed by atoms with van der Waals surface area (Å²) >= 11 is 0. The highest BCUT2D eigenvalue weighted by molar-refractivity contribution is 5.83. The van der Waals surface area contributed by atoms with E-state index in [0.29, 0.717) is 13.1 Å². The van der Waals surface area contributed by atoms with Crippen LogP contribution in [0.5, 0.6) is 0 Å². The molecule has 0 radical (unpaired) electrons. The van der Waals surface area contributed by atoms with E-state index in [1.807, 2.05) is 0 Å². The lowest BCUT2D eigenvalue weighted by atomic mass is 10.2. The average molecular weight is 507 g/mol. The molecule has 0 unspecified atom stereocenters. The van der Waals surface area contributed by atoms with E-state index in [-0.39, 0.29) is 96.4 Å². The number of carbonyl (C=O) groups excluding carboxylic acids is 5. The number of Topliss-reactive ketones (excluding diaryl/α,β-unsaturated/α-hetero) is 1. The van der Waals surface area contributed by atoms with Crippen molar-refractivity contribution >= 4 is 29.8 Å². The standard InChI is InChI=1S/C21H38N4O10/c1-3-22-20(29)34-14-12-32-10-7-24-19(28)16-33-11-8-25-21(30)35-15-13-31-9-6-23-18(27)5-4-17(2)26/h3-16H2,1-2H3,(H,22,29)(H,23,27)(H,24,28)(H,25,30). The summed E-state index contributed by atoms with van der Waals surface area (Å²) in [6.07, 6.45) is -0.784. The first-order valence-corrected chi connectivity index (χ1v) is 11.4. The van der Waals surface area contributed by atoms with Gasteiger partial charge in [0.2, 0.25) is 11.8 Å². The van der Waals surface area contributed by atoms with E-state index < -0.39 is 12.2 Å². The van der Waals surface area contributed by atoms with Gasteiger partial charge >= 0.3 is 12.2 Å². The van der Waals surface area contributed by atoms with Crippen LogP contribution in [0.1, 0.15) is 26.7 Å². The van der Waals surface area contributed by atoms with E-state index >= 15 is 0 Å². The molecule has 0 rings (SSSR count). The molecule has 0 aromatic rings. The van der Waals surface area contributed by atoms with Crippen LogP contribution < -0.4 is 21.3 Å². The molecular weight excluding hydrogens is 468 g/mol. The third-order valence-electron chi connectivity index (χ3n) is 3.83. The third kappa shape index (κ3) is 24.0. The second kappa shape index (κ2) is 22.8. The van der Waals surface area contributed by atoms with Gasteiger partial charge in [-0.2, -0.15) is 0 Å². The smallest absolute Gasteiger partial charge is 0.407 e. The van der Waals surface area contributed by atoms with Crippen LogP contribution in [-0.4, -0.2) is 109 Å². The van der Waals surface area contributed by atoms with E-state index in [2.05, 4.69) is 21.3 Å². The Hall–Kier alpha value is -2.97. The minimum Gasteiger partial charge on any atom is -0.447 e. The van der Waals surface area contributed by atoms with Gasteiger partial charge in [-0.1, -0.05) is 0 Å². The molecule has 0 aliphatic rings. The molecule has 0 bridgehead atoms.